The van der Waals surface area contributed by atoms with Crippen LogP contribution in [0.25, 0.3) is 10.7 Å². The number of imide groups is 1. The molecule has 1 saturated heterocycles. The molecule has 0 saturated carbocycles. The molecule has 1 aliphatic rings. The van der Waals surface area contributed by atoms with Gasteiger partial charge in [0.25, 0.3) is 5.91 Å². The Hall–Kier alpha value is -2.22. The molecule has 24 heavy (non-hydrogen) atoms. The topological polar surface area (TPSA) is 88.3 Å². The lowest BCUT2D eigenvalue weighted by atomic mass is 9.92. The normalized spacial score (nSPS) is 20.9. The first kappa shape index (κ1) is 16.6. The molecular weight excluding hydrogens is 328 g/mol. The predicted octanol–water partition coefficient (Wildman–Crippen LogP) is 3.04. The summed E-state index contributed by atoms with van der Waals surface area (Å²) in [6, 6.07) is 3.37. The van der Waals surface area contributed by atoms with Gasteiger partial charge in [-0.25, -0.2) is 4.79 Å². The van der Waals surface area contributed by atoms with Crippen LogP contribution in [0.3, 0.4) is 0 Å². The molecule has 2 aromatic rings. The van der Waals surface area contributed by atoms with E-state index in [9.17, 15) is 9.59 Å². The van der Waals surface area contributed by atoms with Crippen molar-refractivity contribution >= 4 is 23.3 Å². The molecule has 0 spiro atoms. The van der Waals surface area contributed by atoms with Crippen molar-refractivity contribution in [2.75, 3.05) is 0 Å². The number of carbonyl (C=O) groups excluding carboxylic acids is 2. The Labute approximate surface area is 144 Å². The SMILES string of the molecule is CC(C)CC[C@@]1(C)NC(=O)N(Cc2nc(-c3cccs3)no2)C1=O. The summed E-state index contributed by atoms with van der Waals surface area (Å²) in [6.45, 7) is 5.93. The largest absolute Gasteiger partial charge is 0.337 e. The number of urea groups is 1. The molecule has 3 heterocycles. The number of carbonyl (C=O) groups is 2. The number of nitrogens with zero attached hydrogens (tertiary/aromatic N) is 3. The van der Waals surface area contributed by atoms with Gasteiger partial charge in [-0.2, -0.15) is 4.98 Å². The van der Waals surface area contributed by atoms with Gasteiger partial charge in [0.2, 0.25) is 11.7 Å². The van der Waals surface area contributed by atoms with E-state index in [1.807, 2.05) is 17.5 Å². The zero-order valence-electron chi connectivity index (χ0n) is 13.9. The van der Waals surface area contributed by atoms with Crippen LogP contribution in [-0.2, 0) is 11.3 Å². The van der Waals surface area contributed by atoms with E-state index in [-0.39, 0.29) is 18.3 Å². The van der Waals surface area contributed by atoms with Gasteiger partial charge >= 0.3 is 6.03 Å². The van der Waals surface area contributed by atoms with E-state index in [1.165, 1.54) is 11.3 Å². The average Bonchev–Trinajstić information content (AvgIpc) is 3.23. The number of nitrogens with one attached hydrogen (secondary N) is 1. The summed E-state index contributed by atoms with van der Waals surface area (Å²) in [5, 5.41) is 8.61. The molecule has 1 fully saturated rings. The van der Waals surface area contributed by atoms with Crippen LogP contribution in [0, 0.1) is 5.92 Å². The van der Waals surface area contributed by atoms with Crippen LogP contribution in [0.5, 0.6) is 0 Å². The number of hydrogen-bond donors (Lipinski definition) is 1. The lowest BCUT2D eigenvalue weighted by Gasteiger charge is -2.22. The second kappa shape index (κ2) is 6.35. The van der Waals surface area contributed by atoms with Gasteiger partial charge in [0.05, 0.1) is 4.88 Å². The summed E-state index contributed by atoms with van der Waals surface area (Å²) >= 11 is 1.50. The molecular formula is C16H20N4O3S. The van der Waals surface area contributed by atoms with E-state index in [1.54, 1.807) is 6.92 Å². The Balaban J connectivity index is 1.71. The van der Waals surface area contributed by atoms with Crippen LogP contribution >= 0.6 is 11.3 Å². The van der Waals surface area contributed by atoms with Gasteiger partial charge in [-0.1, -0.05) is 25.1 Å². The fourth-order valence-corrected chi connectivity index (χ4v) is 3.25. The van der Waals surface area contributed by atoms with E-state index in [0.717, 1.165) is 16.2 Å². The molecule has 8 heteroatoms. The molecule has 0 unspecified atom stereocenters. The number of thiophene rings is 1. The summed E-state index contributed by atoms with van der Waals surface area (Å²) in [6.07, 6.45) is 1.47. The Bertz CT molecular complexity index is 740. The predicted molar refractivity (Wildman–Crippen MR) is 89.2 cm³/mol. The number of rotatable bonds is 6. The molecule has 2 aromatic heterocycles. The quantitative estimate of drug-likeness (QED) is 0.811. The van der Waals surface area contributed by atoms with Gasteiger partial charge in [0, 0.05) is 0 Å². The van der Waals surface area contributed by atoms with Crippen LogP contribution < -0.4 is 5.32 Å². The van der Waals surface area contributed by atoms with E-state index in [2.05, 4.69) is 29.3 Å². The Kier molecular flexibility index (Phi) is 4.40. The van der Waals surface area contributed by atoms with Crippen molar-refractivity contribution in [1.29, 1.82) is 0 Å². The van der Waals surface area contributed by atoms with Crippen LogP contribution in [0.1, 0.15) is 39.5 Å². The first-order chi connectivity index (χ1) is 11.4. The average molecular weight is 348 g/mol. The fourth-order valence-electron chi connectivity index (χ4n) is 2.60. The summed E-state index contributed by atoms with van der Waals surface area (Å²) in [5.74, 6) is 0.929. The standard InChI is InChI=1S/C16H20N4O3S/c1-10(2)6-7-16(3)14(21)20(15(22)18-16)9-12-17-13(19-23-12)11-5-4-8-24-11/h4-5,8,10H,6-7,9H2,1-3H3,(H,18,22)/t16-/m1/s1. The van der Waals surface area contributed by atoms with Crippen LogP contribution in [0.4, 0.5) is 4.79 Å². The van der Waals surface area contributed by atoms with Crippen LogP contribution in [-0.4, -0.2) is 32.5 Å². The van der Waals surface area contributed by atoms with Crippen molar-refractivity contribution in [2.24, 2.45) is 5.92 Å². The Morgan fingerprint density at radius 1 is 1.42 bits per heavy atom. The highest BCUT2D eigenvalue weighted by atomic mass is 32.1. The molecule has 0 bridgehead atoms. The second-order valence-corrected chi connectivity index (χ2v) is 7.52. The third kappa shape index (κ3) is 3.19. The second-order valence-electron chi connectivity index (χ2n) is 6.58. The smallest absolute Gasteiger partial charge is 0.325 e. The number of amides is 3. The zero-order valence-corrected chi connectivity index (χ0v) is 14.7. The third-order valence-electron chi connectivity index (χ3n) is 4.07. The summed E-state index contributed by atoms with van der Waals surface area (Å²) in [4.78, 5) is 31.1. The molecule has 1 N–H and O–H groups in total. The number of hydrogen-bond acceptors (Lipinski definition) is 6. The summed E-state index contributed by atoms with van der Waals surface area (Å²) < 4.78 is 5.19. The highest BCUT2D eigenvalue weighted by Gasteiger charge is 2.47. The Morgan fingerprint density at radius 2 is 2.21 bits per heavy atom. The minimum Gasteiger partial charge on any atom is -0.337 e. The molecule has 0 aromatic carbocycles. The fraction of sp³-hybridized carbons (Fsp3) is 0.500. The van der Waals surface area contributed by atoms with Crippen molar-refractivity contribution in [2.45, 2.75) is 45.7 Å². The van der Waals surface area contributed by atoms with Gasteiger partial charge in [-0.15, -0.1) is 11.3 Å². The molecule has 0 aliphatic carbocycles. The third-order valence-corrected chi connectivity index (χ3v) is 4.94. The lowest BCUT2D eigenvalue weighted by Crippen LogP contribution is -2.44. The molecule has 3 rings (SSSR count). The maximum atomic E-state index is 12.6. The minimum absolute atomic E-state index is 0.0136. The summed E-state index contributed by atoms with van der Waals surface area (Å²) in [5.41, 5.74) is -0.863. The van der Waals surface area contributed by atoms with E-state index in [4.69, 9.17) is 4.52 Å². The Morgan fingerprint density at radius 3 is 2.88 bits per heavy atom. The van der Waals surface area contributed by atoms with Crippen molar-refractivity contribution in [3.8, 4) is 10.7 Å². The lowest BCUT2D eigenvalue weighted by molar-refractivity contribution is -0.131. The highest BCUT2D eigenvalue weighted by Crippen LogP contribution is 2.26. The van der Waals surface area contributed by atoms with Crippen LogP contribution in [0.15, 0.2) is 22.0 Å². The molecule has 1 atom stereocenters. The molecule has 3 amide bonds. The van der Waals surface area contributed by atoms with E-state index in [0.29, 0.717) is 18.2 Å². The zero-order chi connectivity index (χ0) is 17.3. The summed E-state index contributed by atoms with van der Waals surface area (Å²) in [7, 11) is 0. The maximum absolute atomic E-state index is 12.6. The van der Waals surface area contributed by atoms with E-state index < -0.39 is 11.6 Å². The molecule has 1 aliphatic heterocycles. The first-order valence-corrected chi connectivity index (χ1v) is 8.77. The van der Waals surface area contributed by atoms with Crippen molar-refractivity contribution in [1.82, 2.24) is 20.4 Å². The van der Waals surface area contributed by atoms with Gasteiger partial charge in [-0.3, -0.25) is 9.69 Å². The molecule has 128 valence electrons. The van der Waals surface area contributed by atoms with Gasteiger partial charge in [0.1, 0.15) is 12.1 Å². The van der Waals surface area contributed by atoms with Gasteiger partial charge < -0.3 is 9.84 Å². The van der Waals surface area contributed by atoms with Crippen LogP contribution in [0.2, 0.25) is 0 Å². The first-order valence-electron chi connectivity index (χ1n) is 7.89. The van der Waals surface area contributed by atoms with Crippen molar-refractivity contribution in [3.05, 3.63) is 23.4 Å². The molecule has 0 radical (unpaired) electrons. The van der Waals surface area contributed by atoms with E-state index >= 15 is 0 Å². The maximum Gasteiger partial charge on any atom is 0.325 e. The van der Waals surface area contributed by atoms with Crippen molar-refractivity contribution < 1.29 is 14.1 Å². The monoisotopic (exact) mass is 348 g/mol. The van der Waals surface area contributed by atoms with Gasteiger partial charge in [0.15, 0.2) is 0 Å². The number of aromatic nitrogens is 2. The minimum atomic E-state index is -0.863. The highest BCUT2D eigenvalue weighted by molar-refractivity contribution is 7.13. The molecule has 7 nitrogen and oxygen atoms in total. The van der Waals surface area contributed by atoms with Crippen molar-refractivity contribution in [3.63, 3.8) is 0 Å². The van der Waals surface area contributed by atoms with Gasteiger partial charge in [-0.05, 0) is 37.1 Å².